The molecular formula is C23H26N2O5. The minimum absolute atomic E-state index is 0.0997. The van der Waals surface area contributed by atoms with Gasteiger partial charge >= 0.3 is 0 Å². The quantitative estimate of drug-likeness (QED) is 0.807. The Balaban J connectivity index is 1.40. The number of aliphatic imine (C=N–C) groups is 1. The largest absolute Gasteiger partial charge is 0.456 e. The number of hydrogen-bond donors (Lipinski definition) is 2. The maximum atomic E-state index is 11.5. The third kappa shape index (κ3) is 3.48. The van der Waals surface area contributed by atoms with E-state index in [2.05, 4.69) is 10.3 Å². The number of nitrogens with zero attached hydrogens (tertiary/aromatic N) is 1. The van der Waals surface area contributed by atoms with Gasteiger partial charge in [-0.3, -0.25) is 0 Å². The average Bonchev–Trinajstić information content (AvgIpc) is 3.24. The van der Waals surface area contributed by atoms with Gasteiger partial charge in [-0.05, 0) is 31.5 Å². The number of para-hydroxylation sites is 1. The van der Waals surface area contributed by atoms with Crippen molar-refractivity contribution in [2.45, 2.75) is 56.2 Å². The van der Waals surface area contributed by atoms with Gasteiger partial charge in [-0.1, -0.05) is 48.5 Å². The van der Waals surface area contributed by atoms with Crippen LogP contribution in [-0.4, -0.2) is 53.5 Å². The first kappa shape index (κ1) is 19.5. The van der Waals surface area contributed by atoms with E-state index in [1.165, 1.54) is 0 Å². The Kier molecular flexibility index (Phi) is 4.78. The molecule has 7 heteroatoms. The fourth-order valence-corrected chi connectivity index (χ4v) is 4.31. The number of hydrogen-bond acceptors (Lipinski definition) is 7. The number of fused-ring (bicyclic) bond motifs is 3. The second-order valence-corrected chi connectivity index (χ2v) is 8.43. The molecule has 158 valence electrons. The van der Waals surface area contributed by atoms with Gasteiger partial charge in [0.05, 0.1) is 13.2 Å². The lowest BCUT2D eigenvalue weighted by molar-refractivity contribution is -0.339. The van der Waals surface area contributed by atoms with Gasteiger partial charge in [0.1, 0.15) is 23.9 Å². The monoisotopic (exact) mass is 410 g/mol. The molecule has 2 fully saturated rings. The van der Waals surface area contributed by atoms with Crippen LogP contribution in [-0.2, 0) is 25.6 Å². The molecule has 0 spiro atoms. The second-order valence-electron chi connectivity index (χ2n) is 8.43. The third-order valence-electron chi connectivity index (χ3n) is 5.81. The highest BCUT2D eigenvalue weighted by Crippen LogP contribution is 2.46. The molecule has 5 atom stereocenters. The smallest absolute Gasteiger partial charge is 0.290 e. The zero-order valence-corrected chi connectivity index (χ0v) is 17.0. The number of nitrogens with one attached hydrogen (secondary N) is 1. The Bertz CT molecular complexity index is 920. The van der Waals surface area contributed by atoms with Crippen molar-refractivity contribution in [2.24, 2.45) is 4.99 Å². The van der Waals surface area contributed by atoms with Crippen LogP contribution in [0.3, 0.4) is 0 Å². The summed E-state index contributed by atoms with van der Waals surface area (Å²) in [7, 11) is 0. The van der Waals surface area contributed by atoms with E-state index in [-0.39, 0.29) is 6.61 Å². The average molecular weight is 410 g/mol. The lowest BCUT2D eigenvalue weighted by atomic mass is 9.95. The Morgan fingerprint density at radius 3 is 2.53 bits per heavy atom. The van der Waals surface area contributed by atoms with Crippen LogP contribution < -0.4 is 5.32 Å². The molecule has 2 aromatic rings. The van der Waals surface area contributed by atoms with Crippen LogP contribution in [0.15, 0.2) is 65.7 Å². The summed E-state index contributed by atoms with van der Waals surface area (Å²) in [5.41, 5.74) is 0.568. The number of rotatable bonds is 4. The summed E-state index contributed by atoms with van der Waals surface area (Å²) in [4.78, 5) is 4.65. The van der Waals surface area contributed by atoms with Crippen molar-refractivity contribution in [3.05, 3.63) is 66.2 Å². The highest BCUT2D eigenvalue weighted by Gasteiger charge is 2.68. The predicted octanol–water partition coefficient (Wildman–Crippen LogP) is 2.70. The van der Waals surface area contributed by atoms with Gasteiger partial charge in [-0.15, -0.1) is 0 Å². The van der Waals surface area contributed by atoms with Crippen LogP contribution in [0.25, 0.3) is 0 Å². The molecule has 2 aromatic carbocycles. The number of aliphatic hydroxyl groups is 1. The van der Waals surface area contributed by atoms with Gasteiger partial charge in [0.2, 0.25) is 0 Å². The summed E-state index contributed by atoms with van der Waals surface area (Å²) in [6.45, 7) is 4.15. The highest BCUT2D eigenvalue weighted by atomic mass is 16.7. The number of anilines is 1. The maximum absolute atomic E-state index is 11.5. The van der Waals surface area contributed by atoms with Crippen molar-refractivity contribution in [1.29, 1.82) is 0 Å². The minimum Gasteiger partial charge on any atom is -0.456 e. The second kappa shape index (κ2) is 7.35. The number of ether oxygens (including phenoxy) is 4. The Labute approximate surface area is 175 Å². The first-order chi connectivity index (χ1) is 14.4. The SMILES string of the molecule is CC1(C)OC[C@]2(O)[C@@H]3N=C(Nc4ccccc4)O[C@@H]3[C@@H](OCc3ccccc3)[C@@H]2O1. The van der Waals surface area contributed by atoms with Crippen molar-refractivity contribution < 1.29 is 24.1 Å². The lowest BCUT2D eigenvalue weighted by Gasteiger charge is -2.44. The van der Waals surface area contributed by atoms with Crippen LogP contribution in [0, 0.1) is 0 Å². The molecule has 1 saturated carbocycles. The van der Waals surface area contributed by atoms with Crippen LogP contribution in [0.2, 0.25) is 0 Å². The fourth-order valence-electron chi connectivity index (χ4n) is 4.31. The van der Waals surface area contributed by atoms with Gasteiger partial charge in [-0.25, -0.2) is 4.99 Å². The van der Waals surface area contributed by atoms with Gasteiger partial charge < -0.3 is 29.4 Å². The Morgan fingerprint density at radius 2 is 1.80 bits per heavy atom. The zero-order valence-electron chi connectivity index (χ0n) is 17.0. The van der Waals surface area contributed by atoms with Crippen LogP contribution in [0.5, 0.6) is 0 Å². The predicted molar refractivity (Wildman–Crippen MR) is 111 cm³/mol. The van der Waals surface area contributed by atoms with E-state index in [1.54, 1.807) is 0 Å². The molecule has 1 saturated heterocycles. The van der Waals surface area contributed by atoms with Crippen molar-refractivity contribution in [2.75, 3.05) is 11.9 Å². The van der Waals surface area contributed by atoms with E-state index in [1.807, 2.05) is 74.5 Å². The van der Waals surface area contributed by atoms with E-state index in [9.17, 15) is 5.11 Å². The first-order valence-electron chi connectivity index (χ1n) is 10.2. The molecule has 0 bridgehead atoms. The molecule has 0 radical (unpaired) electrons. The third-order valence-corrected chi connectivity index (χ3v) is 5.81. The molecule has 0 aromatic heterocycles. The number of amidine groups is 1. The number of benzene rings is 2. The van der Waals surface area contributed by atoms with E-state index in [0.717, 1.165) is 11.3 Å². The highest BCUT2D eigenvalue weighted by molar-refractivity contribution is 5.90. The van der Waals surface area contributed by atoms with Crippen molar-refractivity contribution in [1.82, 2.24) is 0 Å². The van der Waals surface area contributed by atoms with E-state index < -0.39 is 35.7 Å². The topological polar surface area (TPSA) is 81.5 Å². The fraction of sp³-hybridized carbons (Fsp3) is 0.435. The van der Waals surface area contributed by atoms with Gasteiger partial charge in [0.15, 0.2) is 11.9 Å². The Hall–Kier alpha value is -2.45. The molecule has 3 aliphatic rings. The molecular weight excluding hydrogens is 384 g/mol. The van der Waals surface area contributed by atoms with Crippen molar-refractivity contribution >= 4 is 11.7 Å². The first-order valence-corrected chi connectivity index (χ1v) is 10.2. The van der Waals surface area contributed by atoms with Crippen molar-refractivity contribution in [3.8, 4) is 0 Å². The lowest BCUT2D eigenvalue weighted by Crippen LogP contribution is -2.61. The standard InChI is InChI=1S/C23H26N2O5/c1-22(2)28-14-23(26)19-17(29-21(25-19)24-16-11-7-4-8-12-16)18(20(23)30-22)27-13-15-9-5-3-6-10-15/h3-12,17-20,26H,13-14H2,1-2H3,(H,24,25)/t17-,18-,19-,20+,23+/m1/s1. The summed E-state index contributed by atoms with van der Waals surface area (Å²) in [6, 6.07) is 19.4. The van der Waals surface area contributed by atoms with E-state index in [0.29, 0.717) is 12.6 Å². The van der Waals surface area contributed by atoms with E-state index >= 15 is 0 Å². The zero-order chi connectivity index (χ0) is 20.8. The van der Waals surface area contributed by atoms with Gasteiger partial charge in [0.25, 0.3) is 6.02 Å². The normalized spacial score (nSPS) is 33.9. The van der Waals surface area contributed by atoms with Crippen LogP contribution >= 0.6 is 0 Å². The molecule has 0 unspecified atom stereocenters. The molecule has 0 amide bonds. The minimum atomic E-state index is -1.33. The summed E-state index contributed by atoms with van der Waals surface area (Å²) < 4.78 is 24.3. The molecule has 5 rings (SSSR count). The van der Waals surface area contributed by atoms with Gasteiger partial charge in [0, 0.05) is 5.69 Å². The van der Waals surface area contributed by atoms with Crippen LogP contribution in [0.1, 0.15) is 19.4 Å². The van der Waals surface area contributed by atoms with Crippen LogP contribution in [0.4, 0.5) is 5.69 Å². The summed E-state index contributed by atoms with van der Waals surface area (Å²) >= 11 is 0. The molecule has 2 heterocycles. The molecule has 1 aliphatic carbocycles. The van der Waals surface area contributed by atoms with Crippen molar-refractivity contribution in [3.63, 3.8) is 0 Å². The summed E-state index contributed by atoms with van der Waals surface area (Å²) in [5.74, 6) is -0.821. The van der Waals surface area contributed by atoms with Gasteiger partial charge in [-0.2, -0.15) is 0 Å². The summed E-state index contributed by atoms with van der Waals surface area (Å²) in [5, 5.41) is 14.7. The molecule has 7 nitrogen and oxygen atoms in total. The molecule has 2 aliphatic heterocycles. The van der Waals surface area contributed by atoms with E-state index in [4.69, 9.17) is 18.9 Å². The Morgan fingerprint density at radius 1 is 1.10 bits per heavy atom. The maximum Gasteiger partial charge on any atom is 0.290 e. The molecule has 30 heavy (non-hydrogen) atoms. The molecule has 2 N–H and O–H groups in total. The summed E-state index contributed by atoms with van der Waals surface area (Å²) in [6.07, 6.45) is -1.59.